The lowest BCUT2D eigenvalue weighted by atomic mass is 10.2. The number of aryl methyl sites for hydroxylation is 1. The molecular weight excluding hydrogens is 304 g/mol. The first-order valence-corrected chi connectivity index (χ1v) is 9.17. The average molecular weight is 324 g/mol. The third kappa shape index (κ3) is 3.45. The number of benzene rings is 1. The van der Waals surface area contributed by atoms with E-state index in [0.29, 0.717) is 23.0 Å². The summed E-state index contributed by atoms with van der Waals surface area (Å²) in [7, 11) is -3.46. The summed E-state index contributed by atoms with van der Waals surface area (Å²) in [4.78, 5) is 1.07. The molecule has 0 aliphatic carbocycles. The Labute approximate surface area is 130 Å². The zero-order valence-corrected chi connectivity index (χ0v) is 13.9. The van der Waals surface area contributed by atoms with E-state index in [1.165, 1.54) is 15.6 Å². The van der Waals surface area contributed by atoms with E-state index in [1.54, 1.807) is 12.1 Å². The summed E-state index contributed by atoms with van der Waals surface area (Å²) in [6.07, 6.45) is 0.845. The van der Waals surface area contributed by atoms with Crippen LogP contribution in [0.25, 0.3) is 0 Å². The Hall–Kier alpha value is -1.37. The minimum absolute atomic E-state index is 0.296. The van der Waals surface area contributed by atoms with Crippen molar-refractivity contribution in [3.05, 3.63) is 46.8 Å². The molecule has 1 aromatic carbocycles. The molecule has 0 saturated carbocycles. The second-order valence-corrected chi connectivity index (χ2v) is 8.04. The molecule has 0 unspecified atom stereocenters. The SMILES string of the molecule is CCc1ccc(S(=O)(=O)N(CC)Cc2ccccc2N)s1. The summed E-state index contributed by atoms with van der Waals surface area (Å²) >= 11 is 1.34. The van der Waals surface area contributed by atoms with Gasteiger partial charge < -0.3 is 5.73 Å². The van der Waals surface area contributed by atoms with Crippen LogP contribution in [0, 0.1) is 0 Å². The molecule has 2 aromatic rings. The minimum Gasteiger partial charge on any atom is -0.398 e. The number of rotatable bonds is 6. The smallest absolute Gasteiger partial charge is 0.252 e. The summed E-state index contributed by atoms with van der Waals surface area (Å²) in [5, 5.41) is 0. The molecule has 0 aliphatic rings. The average Bonchev–Trinajstić information content (AvgIpc) is 2.96. The van der Waals surface area contributed by atoms with Crippen LogP contribution >= 0.6 is 11.3 Å². The summed E-state index contributed by atoms with van der Waals surface area (Å²) in [6, 6.07) is 10.9. The van der Waals surface area contributed by atoms with Crippen LogP contribution in [-0.4, -0.2) is 19.3 Å². The number of hydrogen-bond donors (Lipinski definition) is 1. The Morgan fingerprint density at radius 3 is 2.43 bits per heavy atom. The second-order valence-electron chi connectivity index (χ2n) is 4.70. The number of nitrogen functional groups attached to an aromatic ring is 1. The molecule has 0 fully saturated rings. The summed E-state index contributed by atoms with van der Waals surface area (Å²) < 4.78 is 27.3. The highest BCUT2D eigenvalue weighted by Gasteiger charge is 2.25. The molecular formula is C15H20N2O2S2. The first kappa shape index (κ1) is 16.0. The molecule has 2 rings (SSSR count). The van der Waals surface area contributed by atoms with E-state index in [4.69, 9.17) is 5.73 Å². The van der Waals surface area contributed by atoms with Gasteiger partial charge in [0.2, 0.25) is 0 Å². The number of sulfonamides is 1. The molecule has 0 radical (unpaired) electrons. The third-order valence-electron chi connectivity index (χ3n) is 3.33. The zero-order valence-electron chi connectivity index (χ0n) is 12.2. The highest BCUT2D eigenvalue weighted by Crippen LogP contribution is 2.27. The molecule has 21 heavy (non-hydrogen) atoms. The fourth-order valence-electron chi connectivity index (χ4n) is 2.05. The fourth-order valence-corrected chi connectivity index (χ4v) is 4.93. The van der Waals surface area contributed by atoms with E-state index in [2.05, 4.69) is 0 Å². The van der Waals surface area contributed by atoms with Gasteiger partial charge in [-0.3, -0.25) is 0 Å². The Morgan fingerprint density at radius 2 is 1.86 bits per heavy atom. The van der Waals surface area contributed by atoms with E-state index in [-0.39, 0.29) is 0 Å². The molecule has 4 nitrogen and oxygen atoms in total. The van der Waals surface area contributed by atoms with Gasteiger partial charge in [-0.25, -0.2) is 8.42 Å². The van der Waals surface area contributed by atoms with Gasteiger partial charge in [0, 0.05) is 23.7 Å². The third-order valence-corrected chi connectivity index (χ3v) is 6.95. The van der Waals surface area contributed by atoms with Gasteiger partial charge in [0.15, 0.2) is 0 Å². The standard InChI is InChI=1S/C15H20N2O2S2/c1-3-13-9-10-15(20-13)21(18,19)17(4-2)11-12-7-5-6-8-14(12)16/h5-10H,3-4,11,16H2,1-2H3. The lowest BCUT2D eigenvalue weighted by Gasteiger charge is -2.20. The molecule has 1 aromatic heterocycles. The van der Waals surface area contributed by atoms with Crippen molar-refractivity contribution < 1.29 is 8.42 Å². The van der Waals surface area contributed by atoms with Crippen molar-refractivity contribution in [2.45, 2.75) is 31.0 Å². The van der Waals surface area contributed by atoms with Crippen LogP contribution < -0.4 is 5.73 Å². The van der Waals surface area contributed by atoms with E-state index in [1.807, 2.05) is 38.1 Å². The Bertz CT molecular complexity index is 708. The highest BCUT2D eigenvalue weighted by atomic mass is 32.2. The van der Waals surface area contributed by atoms with Gasteiger partial charge in [0.1, 0.15) is 4.21 Å². The van der Waals surface area contributed by atoms with Gasteiger partial charge >= 0.3 is 0 Å². The monoisotopic (exact) mass is 324 g/mol. The first-order valence-electron chi connectivity index (χ1n) is 6.91. The number of anilines is 1. The Morgan fingerprint density at radius 1 is 1.14 bits per heavy atom. The molecule has 0 spiro atoms. The maximum Gasteiger partial charge on any atom is 0.252 e. The van der Waals surface area contributed by atoms with Gasteiger partial charge in [-0.15, -0.1) is 11.3 Å². The minimum atomic E-state index is -3.46. The second kappa shape index (κ2) is 6.60. The molecule has 2 N–H and O–H groups in total. The Kier molecular flexibility index (Phi) is 5.03. The quantitative estimate of drug-likeness (QED) is 0.831. The largest absolute Gasteiger partial charge is 0.398 e. The topological polar surface area (TPSA) is 63.4 Å². The van der Waals surface area contributed by atoms with Gasteiger partial charge in [-0.1, -0.05) is 32.0 Å². The first-order chi connectivity index (χ1) is 9.98. The molecule has 0 bridgehead atoms. The molecule has 0 saturated heterocycles. The lowest BCUT2D eigenvalue weighted by Crippen LogP contribution is -2.30. The molecule has 0 aliphatic heterocycles. The highest BCUT2D eigenvalue weighted by molar-refractivity contribution is 7.91. The van der Waals surface area contributed by atoms with Crippen LogP contribution in [0.3, 0.4) is 0 Å². The van der Waals surface area contributed by atoms with Crippen LogP contribution in [-0.2, 0) is 23.0 Å². The van der Waals surface area contributed by atoms with Gasteiger partial charge in [0.05, 0.1) is 0 Å². The van der Waals surface area contributed by atoms with Crippen LogP contribution in [0.1, 0.15) is 24.3 Å². The maximum absolute atomic E-state index is 12.7. The van der Waals surface area contributed by atoms with Crippen molar-refractivity contribution in [1.82, 2.24) is 4.31 Å². The van der Waals surface area contributed by atoms with Crippen molar-refractivity contribution in [1.29, 1.82) is 0 Å². The Balaban J connectivity index is 2.30. The van der Waals surface area contributed by atoms with Gasteiger partial charge in [-0.05, 0) is 30.2 Å². The van der Waals surface area contributed by atoms with Crippen molar-refractivity contribution in [3.63, 3.8) is 0 Å². The van der Waals surface area contributed by atoms with Crippen LogP contribution in [0.2, 0.25) is 0 Å². The number of nitrogens with zero attached hydrogens (tertiary/aromatic N) is 1. The van der Waals surface area contributed by atoms with E-state index < -0.39 is 10.0 Å². The number of para-hydroxylation sites is 1. The van der Waals surface area contributed by atoms with Crippen LogP contribution in [0.5, 0.6) is 0 Å². The molecule has 1 heterocycles. The van der Waals surface area contributed by atoms with Crippen LogP contribution in [0.4, 0.5) is 5.69 Å². The maximum atomic E-state index is 12.7. The van der Waals surface area contributed by atoms with E-state index >= 15 is 0 Å². The summed E-state index contributed by atoms with van der Waals surface area (Å²) in [5.41, 5.74) is 7.36. The number of hydrogen-bond acceptors (Lipinski definition) is 4. The van der Waals surface area contributed by atoms with Crippen molar-refractivity contribution in [2.24, 2.45) is 0 Å². The summed E-state index contributed by atoms with van der Waals surface area (Å²) in [5.74, 6) is 0. The lowest BCUT2D eigenvalue weighted by molar-refractivity contribution is 0.425. The fraction of sp³-hybridized carbons (Fsp3) is 0.333. The van der Waals surface area contributed by atoms with E-state index in [9.17, 15) is 8.42 Å². The van der Waals surface area contributed by atoms with Gasteiger partial charge in [-0.2, -0.15) is 4.31 Å². The molecule has 0 amide bonds. The van der Waals surface area contributed by atoms with Crippen molar-refractivity contribution >= 4 is 27.0 Å². The number of nitrogens with two attached hydrogens (primary N) is 1. The van der Waals surface area contributed by atoms with E-state index in [0.717, 1.165) is 16.9 Å². The normalized spacial score (nSPS) is 12.0. The molecule has 6 heteroatoms. The predicted octanol–water partition coefficient (Wildman–Crippen LogP) is 3.10. The number of thiophene rings is 1. The molecule has 114 valence electrons. The zero-order chi connectivity index (χ0) is 15.5. The van der Waals surface area contributed by atoms with Crippen LogP contribution in [0.15, 0.2) is 40.6 Å². The molecule has 0 atom stereocenters. The van der Waals surface area contributed by atoms with Crippen molar-refractivity contribution in [2.75, 3.05) is 12.3 Å². The van der Waals surface area contributed by atoms with Gasteiger partial charge in [0.25, 0.3) is 10.0 Å². The van der Waals surface area contributed by atoms with Crippen molar-refractivity contribution in [3.8, 4) is 0 Å². The predicted molar refractivity (Wildman–Crippen MR) is 87.8 cm³/mol. The summed E-state index contributed by atoms with van der Waals surface area (Å²) in [6.45, 7) is 4.57.